The summed E-state index contributed by atoms with van der Waals surface area (Å²) >= 11 is 0. The molecule has 0 radical (unpaired) electrons. The highest BCUT2D eigenvalue weighted by molar-refractivity contribution is 6.27. The average Bonchev–Trinajstić information content (AvgIpc) is 2.87. The molecule has 0 saturated carbocycles. The number of carbonyl (C=O) groups excluding carboxylic acids is 2. The smallest absolute Gasteiger partial charge is 0.261 e. The van der Waals surface area contributed by atoms with Gasteiger partial charge in [0, 0.05) is 22.6 Å². The van der Waals surface area contributed by atoms with E-state index in [2.05, 4.69) is 26.0 Å². The van der Waals surface area contributed by atoms with E-state index < -0.39 is 0 Å². The van der Waals surface area contributed by atoms with Crippen LogP contribution in [0.2, 0.25) is 0 Å². The molecule has 4 rings (SSSR count). The Morgan fingerprint density at radius 2 is 1.21 bits per heavy atom. The van der Waals surface area contributed by atoms with E-state index in [4.69, 9.17) is 0 Å². The Balaban J connectivity index is 1.69. The molecule has 1 aliphatic heterocycles. The fourth-order valence-electron chi connectivity index (χ4n) is 5.33. The first-order valence-electron chi connectivity index (χ1n) is 13.2. The van der Waals surface area contributed by atoms with Crippen LogP contribution in [-0.4, -0.2) is 22.8 Å². The third kappa shape index (κ3) is 4.94. The normalized spacial score (nSPS) is 13.3. The summed E-state index contributed by atoms with van der Waals surface area (Å²) < 4.78 is 0. The molecule has 0 spiro atoms. The number of nitrogens with zero attached hydrogens (tertiary/aromatic N) is 1. The van der Waals surface area contributed by atoms with Gasteiger partial charge in [0.15, 0.2) is 0 Å². The zero-order chi connectivity index (χ0) is 23.9. The van der Waals surface area contributed by atoms with Crippen molar-refractivity contribution in [2.75, 3.05) is 0 Å². The van der Waals surface area contributed by atoms with Crippen LogP contribution in [-0.2, 0) is 0 Å². The van der Waals surface area contributed by atoms with Crippen molar-refractivity contribution in [1.29, 1.82) is 0 Å². The number of carbonyl (C=O) groups is 2. The summed E-state index contributed by atoms with van der Waals surface area (Å²) in [6.45, 7) is 4.42. The van der Waals surface area contributed by atoms with E-state index >= 15 is 0 Å². The van der Waals surface area contributed by atoms with Crippen LogP contribution in [0.25, 0.3) is 21.9 Å². The van der Waals surface area contributed by atoms with Crippen LogP contribution in [0.15, 0.2) is 60.7 Å². The van der Waals surface area contributed by atoms with Crippen molar-refractivity contribution < 1.29 is 9.59 Å². The maximum Gasteiger partial charge on any atom is 0.261 e. The molecule has 0 aliphatic carbocycles. The molecule has 2 amide bonds. The number of imide groups is 1. The zero-order valence-electron chi connectivity index (χ0n) is 20.7. The number of amides is 2. The van der Waals surface area contributed by atoms with Gasteiger partial charge in [0.25, 0.3) is 11.8 Å². The van der Waals surface area contributed by atoms with Crippen LogP contribution in [0.5, 0.6) is 0 Å². The molecule has 0 N–H and O–H groups in total. The number of rotatable bonds is 12. The van der Waals surface area contributed by atoms with Gasteiger partial charge in [0.1, 0.15) is 0 Å². The summed E-state index contributed by atoms with van der Waals surface area (Å²) in [6, 6.07) is 20.0. The number of unbranched alkanes of at least 4 members (excludes halogenated alkanes) is 6. The van der Waals surface area contributed by atoms with Crippen LogP contribution >= 0.6 is 0 Å². The van der Waals surface area contributed by atoms with Gasteiger partial charge in [-0.3, -0.25) is 14.5 Å². The minimum Gasteiger partial charge on any atom is -0.271 e. The lowest BCUT2D eigenvalue weighted by molar-refractivity contribution is 0.0517. The van der Waals surface area contributed by atoms with Gasteiger partial charge in [-0.15, -0.1) is 0 Å². The minimum atomic E-state index is -0.121. The van der Waals surface area contributed by atoms with Crippen molar-refractivity contribution in [3.05, 3.63) is 71.8 Å². The average molecular weight is 456 g/mol. The van der Waals surface area contributed by atoms with Gasteiger partial charge in [-0.25, -0.2) is 0 Å². The third-order valence-electron chi connectivity index (χ3n) is 7.17. The Morgan fingerprint density at radius 3 is 1.82 bits per heavy atom. The zero-order valence-corrected chi connectivity index (χ0v) is 20.7. The Bertz CT molecular complexity index is 1100. The van der Waals surface area contributed by atoms with Crippen molar-refractivity contribution in [2.24, 2.45) is 0 Å². The van der Waals surface area contributed by atoms with E-state index in [1.807, 2.05) is 48.5 Å². The van der Waals surface area contributed by atoms with Gasteiger partial charge in [-0.1, -0.05) is 114 Å². The van der Waals surface area contributed by atoms with E-state index in [1.54, 1.807) is 4.90 Å². The first kappa shape index (κ1) is 24.2. The van der Waals surface area contributed by atoms with Crippen molar-refractivity contribution in [3.63, 3.8) is 0 Å². The number of hydrogen-bond donors (Lipinski definition) is 0. The van der Waals surface area contributed by atoms with Gasteiger partial charge < -0.3 is 0 Å². The molecule has 3 aromatic rings. The van der Waals surface area contributed by atoms with Crippen LogP contribution in [0.1, 0.15) is 98.8 Å². The Morgan fingerprint density at radius 1 is 0.618 bits per heavy atom. The van der Waals surface area contributed by atoms with Crippen LogP contribution in [0, 0.1) is 0 Å². The summed E-state index contributed by atoms with van der Waals surface area (Å²) in [5.41, 5.74) is 3.48. The summed E-state index contributed by atoms with van der Waals surface area (Å²) in [7, 11) is 0. The lowest BCUT2D eigenvalue weighted by Gasteiger charge is -2.34. The Hall–Kier alpha value is -2.94. The molecule has 34 heavy (non-hydrogen) atoms. The van der Waals surface area contributed by atoms with E-state index in [-0.39, 0.29) is 17.9 Å². The summed E-state index contributed by atoms with van der Waals surface area (Å²) in [6.07, 6.45) is 11.0. The molecule has 0 bridgehead atoms. The summed E-state index contributed by atoms with van der Waals surface area (Å²) in [4.78, 5) is 29.2. The Labute approximate surface area is 204 Å². The molecule has 0 atom stereocenters. The number of hydrogen-bond acceptors (Lipinski definition) is 2. The lowest BCUT2D eigenvalue weighted by Crippen LogP contribution is -2.47. The van der Waals surface area contributed by atoms with Crippen LogP contribution in [0.3, 0.4) is 0 Å². The fourth-order valence-corrected chi connectivity index (χ4v) is 5.33. The third-order valence-corrected chi connectivity index (χ3v) is 7.17. The largest absolute Gasteiger partial charge is 0.271 e. The molecule has 1 aliphatic rings. The van der Waals surface area contributed by atoms with Crippen molar-refractivity contribution in [3.8, 4) is 11.1 Å². The van der Waals surface area contributed by atoms with Gasteiger partial charge >= 0.3 is 0 Å². The second-order valence-corrected chi connectivity index (χ2v) is 9.59. The molecule has 0 fully saturated rings. The van der Waals surface area contributed by atoms with Gasteiger partial charge in [-0.05, 0) is 41.5 Å². The number of benzene rings is 3. The first-order chi connectivity index (χ1) is 16.7. The maximum atomic E-state index is 13.8. The maximum absolute atomic E-state index is 13.8. The second kappa shape index (κ2) is 11.5. The highest BCUT2D eigenvalue weighted by Gasteiger charge is 2.37. The van der Waals surface area contributed by atoms with Gasteiger partial charge in [0.05, 0.1) is 0 Å². The molecule has 3 nitrogen and oxygen atoms in total. The van der Waals surface area contributed by atoms with Crippen LogP contribution < -0.4 is 0 Å². The predicted molar refractivity (Wildman–Crippen MR) is 141 cm³/mol. The minimum absolute atomic E-state index is 0.0223. The SMILES string of the molecule is CCCCCCC(CCCCCC)N1C(=O)c2cccc3c(-c4ccccc4)ccc(c23)C1=O. The van der Waals surface area contributed by atoms with Gasteiger partial charge in [-0.2, -0.15) is 0 Å². The molecular formula is C31H37NO2. The predicted octanol–water partition coefficient (Wildman–Crippen LogP) is 8.41. The molecular weight excluding hydrogens is 418 g/mol. The van der Waals surface area contributed by atoms with Gasteiger partial charge in [0.2, 0.25) is 0 Å². The first-order valence-corrected chi connectivity index (χ1v) is 13.2. The second-order valence-electron chi connectivity index (χ2n) is 9.59. The topological polar surface area (TPSA) is 37.4 Å². The van der Waals surface area contributed by atoms with E-state index in [1.165, 1.54) is 25.7 Å². The highest BCUT2D eigenvalue weighted by Crippen LogP contribution is 2.37. The van der Waals surface area contributed by atoms with E-state index in [0.29, 0.717) is 11.1 Å². The molecule has 0 unspecified atom stereocenters. The molecule has 3 aromatic carbocycles. The van der Waals surface area contributed by atoms with Crippen molar-refractivity contribution in [1.82, 2.24) is 4.90 Å². The monoisotopic (exact) mass is 455 g/mol. The highest BCUT2D eigenvalue weighted by atomic mass is 16.2. The van der Waals surface area contributed by atoms with Crippen molar-refractivity contribution >= 4 is 22.6 Å². The molecule has 0 aromatic heterocycles. The van der Waals surface area contributed by atoms with Crippen molar-refractivity contribution in [2.45, 2.75) is 84.1 Å². The fraction of sp³-hybridized carbons (Fsp3) is 0.419. The molecule has 0 saturated heterocycles. The molecule has 178 valence electrons. The van der Waals surface area contributed by atoms with E-state index in [0.717, 1.165) is 60.4 Å². The molecule has 1 heterocycles. The lowest BCUT2D eigenvalue weighted by atomic mass is 9.87. The quantitative estimate of drug-likeness (QED) is 0.203. The Kier molecular flexibility index (Phi) is 8.16. The standard InChI is InChI=1S/C31H37NO2/c1-3-5-7-12-17-24(18-13-8-6-4-2)32-30(33)27-20-14-19-26-25(23-15-10-9-11-16-23)21-22-28(29(26)27)31(32)34/h9-11,14-16,19-22,24H,3-8,12-13,17-18H2,1-2H3. The summed E-state index contributed by atoms with van der Waals surface area (Å²) in [5.74, 6) is -0.242. The molecule has 3 heteroatoms. The van der Waals surface area contributed by atoms with Crippen LogP contribution in [0.4, 0.5) is 0 Å². The van der Waals surface area contributed by atoms with E-state index in [9.17, 15) is 9.59 Å². The summed E-state index contributed by atoms with van der Waals surface area (Å²) in [5, 5.41) is 1.79.